The van der Waals surface area contributed by atoms with E-state index in [-0.39, 0.29) is 18.7 Å². The first kappa shape index (κ1) is 27.5. The molecule has 3 N–H and O–H groups in total. The van der Waals surface area contributed by atoms with Gasteiger partial charge in [0.15, 0.2) is 6.04 Å². The third-order valence-electron chi connectivity index (χ3n) is 6.10. The van der Waals surface area contributed by atoms with Gasteiger partial charge in [0, 0.05) is 12.8 Å². The minimum atomic E-state index is -1.26. The molecule has 0 bridgehead atoms. The van der Waals surface area contributed by atoms with Crippen molar-refractivity contribution < 1.29 is 33.6 Å². The van der Waals surface area contributed by atoms with Crippen molar-refractivity contribution in [3.8, 4) is 0 Å². The van der Waals surface area contributed by atoms with Crippen molar-refractivity contribution in [2.75, 3.05) is 13.1 Å². The molecule has 0 aromatic heterocycles. The van der Waals surface area contributed by atoms with Crippen molar-refractivity contribution in [1.82, 2.24) is 10.6 Å². The molecule has 10 heteroatoms. The number of imide groups is 1. The van der Waals surface area contributed by atoms with Crippen molar-refractivity contribution >= 4 is 41.7 Å². The van der Waals surface area contributed by atoms with Crippen LogP contribution in [0.4, 0.5) is 4.79 Å². The molecule has 1 aliphatic heterocycles. The summed E-state index contributed by atoms with van der Waals surface area (Å²) in [6.45, 7) is 7.64. The molecular formula is C24H33ClN3O6+. The molecule has 0 aliphatic carbocycles. The Kier molecular flexibility index (Phi) is 8.96. The number of nitrogens with zero attached hydrogens (tertiary/aromatic N) is 1. The molecule has 1 aromatic carbocycles. The monoisotopic (exact) mass is 494 g/mol. The third-order valence-corrected chi connectivity index (χ3v) is 6.55. The molecule has 0 saturated carbocycles. The van der Waals surface area contributed by atoms with E-state index in [2.05, 4.69) is 10.6 Å². The van der Waals surface area contributed by atoms with Gasteiger partial charge in [-0.2, -0.15) is 4.48 Å². The van der Waals surface area contributed by atoms with Crippen LogP contribution in [0.3, 0.4) is 0 Å². The summed E-state index contributed by atoms with van der Waals surface area (Å²) in [5.41, 5.74) is 0.289. The summed E-state index contributed by atoms with van der Waals surface area (Å²) in [7, 11) is 0. The standard InChI is InChI=1S/C24H32ClN3O6/c1-5-15-9-8-10-17(19(15)25)21(32)27-20(24(2,3)4)22(33)28(11-6-7-12-28)23(34)26-16(14-29)13-18(30)31/h8-10,14,16,20H,5-7,11-13H2,1-4H3,(H2-,26,27,30,31,32,34)/p+1/t16-,20+/m0/s1. The van der Waals surface area contributed by atoms with Crippen molar-refractivity contribution in [3.05, 3.63) is 34.3 Å². The number of carbonyl (C=O) groups is 5. The first-order chi connectivity index (χ1) is 15.9. The van der Waals surface area contributed by atoms with E-state index in [0.717, 1.165) is 5.56 Å². The third kappa shape index (κ3) is 6.01. The maximum absolute atomic E-state index is 13.9. The minimum Gasteiger partial charge on any atom is -0.481 e. The number of aryl methyl sites for hydroxylation is 1. The Morgan fingerprint density at radius 3 is 2.26 bits per heavy atom. The summed E-state index contributed by atoms with van der Waals surface area (Å²) in [6.07, 6.45) is 1.58. The molecule has 34 heavy (non-hydrogen) atoms. The van der Waals surface area contributed by atoms with Crippen molar-refractivity contribution in [3.63, 3.8) is 0 Å². The number of carbonyl (C=O) groups excluding carboxylic acids is 4. The number of hydrogen-bond donors (Lipinski definition) is 3. The molecule has 1 saturated heterocycles. The van der Waals surface area contributed by atoms with Gasteiger partial charge in [0.25, 0.3) is 5.91 Å². The predicted molar refractivity (Wildman–Crippen MR) is 126 cm³/mol. The minimum absolute atomic E-state index is 0.192. The lowest BCUT2D eigenvalue weighted by molar-refractivity contribution is -0.761. The van der Waals surface area contributed by atoms with Crippen LogP contribution in [0.5, 0.6) is 0 Å². The highest BCUT2D eigenvalue weighted by Crippen LogP contribution is 2.30. The predicted octanol–water partition coefficient (Wildman–Crippen LogP) is 2.94. The number of benzene rings is 1. The zero-order valence-electron chi connectivity index (χ0n) is 20.0. The van der Waals surface area contributed by atoms with Crippen molar-refractivity contribution in [1.29, 1.82) is 0 Å². The number of aliphatic carboxylic acids is 1. The van der Waals surface area contributed by atoms with Crippen molar-refractivity contribution in [2.45, 2.75) is 65.5 Å². The van der Waals surface area contributed by atoms with Gasteiger partial charge >= 0.3 is 17.9 Å². The SMILES string of the molecule is CCc1cccc(C(=O)N[C@H](C(=O)[N+]2(C(=O)N[C@H](C=O)CC(=O)O)CCCC2)C(C)(C)C)c1Cl. The fourth-order valence-corrected chi connectivity index (χ4v) is 4.48. The van der Waals surface area contributed by atoms with E-state index in [1.165, 1.54) is 0 Å². The number of halogens is 1. The molecule has 2 atom stereocenters. The number of rotatable bonds is 8. The van der Waals surface area contributed by atoms with Gasteiger partial charge in [0.2, 0.25) is 0 Å². The molecule has 4 amide bonds. The molecule has 1 aliphatic rings. The van der Waals surface area contributed by atoms with Crippen LogP contribution in [0.15, 0.2) is 18.2 Å². The molecular weight excluding hydrogens is 462 g/mol. The molecule has 0 radical (unpaired) electrons. The van der Waals surface area contributed by atoms with Crippen LogP contribution in [0.1, 0.15) is 62.9 Å². The first-order valence-corrected chi connectivity index (χ1v) is 11.7. The normalized spacial score (nSPS) is 16.9. The number of likely N-dealkylation sites (tertiary alicyclic amines) is 1. The lowest BCUT2D eigenvalue weighted by Crippen LogP contribution is -2.67. The van der Waals surface area contributed by atoms with Gasteiger partial charge in [0.1, 0.15) is 12.3 Å². The molecule has 1 heterocycles. The van der Waals surface area contributed by atoms with Crippen LogP contribution in [-0.2, 0) is 20.8 Å². The first-order valence-electron chi connectivity index (χ1n) is 11.3. The zero-order chi connectivity index (χ0) is 25.7. The van der Waals surface area contributed by atoms with Crippen molar-refractivity contribution in [2.24, 2.45) is 5.41 Å². The Hall–Kier alpha value is -2.78. The van der Waals surface area contributed by atoms with E-state index in [1.807, 2.05) is 13.0 Å². The van der Waals surface area contributed by atoms with Gasteiger partial charge in [-0.15, -0.1) is 0 Å². The Bertz CT molecular complexity index is 966. The molecule has 2 rings (SSSR count). The summed E-state index contributed by atoms with van der Waals surface area (Å²) in [6, 6.07) is 2.08. The molecule has 9 nitrogen and oxygen atoms in total. The smallest absolute Gasteiger partial charge is 0.424 e. The van der Waals surface area contributed by atoms with E-state index >= 15 is 0 Å². The summed E-state index contributed by atoms with van der Waals surface area (Å²) in [4.78, 5) is 62.6. The fraction of sp³-hybridized carbons (Fsp3) is 0.542. The quantitative estimate of drug-likeness (QED) is 0.376. The maximum atomic E-state index is 13.9. The Balaban J connectivity index is 2.38. The van der Waals surface area contributed by atoms with E-state index in [4.69, 9.17) is 16.7 Å². The summed E-state index contributed by atoms with van der Waals surface area (Å²) in [5.74, 6) is -2.29. The number of hydrogen-bond acceptors (Lipinski definition) is 5. The molecule has 1 aromatic rings. The second kappa shape index (κ2) is 11.1. The number of quaternary nitrogens is 1. The molecule has 0 unspecified atom stereocenters. The van der Waals surface area contributed by atoms with Gasteiger partial charge in [-0.1, -0.05) is 51.4 Å². The molecule has 1 fully saturated rings. The van der Waals surface area contributed by atoms with Gasteiger partial charge in [0.05, 0.1) is 30.1 Å². The van der Waals surface area contributed by atoms with Gasteiger partial charge < -0.3 is 15.2 Å². The topological polar surface area (TPSA) is 130 Å². The molecule has 0 spiro atoms. The average Bonchev–Trinajstić information content (AvgIpc) is 3.26. The largest absolute Gasteiger partial charge is 0.481 e. The second-order valence-electron chi connectivity index (χ2n) is 9.66. The number of amides is 4. The highest BCUT2D eigenvalue weighted by Gasteiger charge is 2.53. The average molecular weight is 495 g/mol. The Morgan fingerprint density at radius 2 is 1.76 bits per heavy atom. The Labute approximate surface area is 204 Å². The highest BCUT2D eigenvalue weighted by molar-refractivity contribution is 6.34. The van der Waals surface area contributed by atoms with Crippen LogP contribution in [0.2, 0.25) is 5.02 Å². The number of urea groups is 1. The van der Waals surface area contributed by atoms with Gasteiger partial charge in [-0.3, -0.25) is 14.9 Å². The van der Waals surface area contributed by atoms with Crippen LogP contribution < -0.4 is 10.6 Å². The van der Waals surface area contributed by atoms with E-state index in [1.54, 1.807) is 32.9 Å². The lowest BCUT2D eigenvalue weighted by atomic mass is 9.85. The highest BCUT2D eigenvalue weighted by atomic mass is 35.5. The number of aldehydes is 1. The zero-order valence-corrected chi connectivity index (χ0v) is 20.8. The summed E-state index contributed by atoms with van der Waals surface area (Å²) < 4.78 is -0.616. The second-order valence-corrected chi connectivity index (χ2v) is 10.0. The van der Waals surface area contributed by atoms with E-state index in [9.17, 15) is 24.0 Å². The van der Waals surface area contributed by atoms with Crippen LogP contribution in [0.25, 0.3) is 0 Å². The number of carboxylic acid groups (broad SMARTS) is 1. The molecule has 186 valence electrons. The maximum Gasteiger partial charge on any atom is 0.424 e. The van der Waals surface area contributed by atoms with Gasteiger partial charge in [-0.05, 0) is 23.5 Å². The van der Waals surface area contributed by atoms with Crippen LogP contribution >= 0.6 is 11.6 Å². The summed E-state index contributed by atoms with van der Waals surface area (Å²) in [5, 5.41) is 14.5. The Morgan fingerprint density at radius 1 is 1.15 bits per heavy atom. The summed E-state index contributed by atoms with van der Waals surface area (Å²) >= 11 is 6.41. The van der Waals surface area contributed by atoms with Crippen LogP contribution in [-0.4, -0.2) is 64.9 Å². The number of nitrogens with one attached hydrogen (secondary N) is 2. The van der Waals surface area contributed by atoms with Crippen LogP contribution in [0, 0.1) is 5.41 Å². The number of carboxylic acids is 1. The fourth-order valence-electron chi connectivity index (χ4n) is 4.14. The lowest BCUT2D eigenvalue weighted by Gasteiger charge is -2.37. The van der Waals surface area contributed by atoms with Gasteiger partial charge in [-0.25, -0.2) is 9.59 Å². The van der Waals surface area contributed by atoms with E-state index in [0.29, 0.717) is 30.6 Å². The van der Waals surface area contributed by atoms with E-state index < -0.39 is 52.2 Å².